The number of amides is 1. The number of nitrogens with zero attached hydrogens (tertiary/aromatic N) is 2. The van der Waals surface area contributed by atoms with Crippen LogP contribution in [0.15, 0.2) is 30.5 Å². The normalized spacial score (nSPS) is 10.2. The summed E-state index contributed by atoms with van der Waals surface area (Å²) in [6.45, 7) is 1.54. The number of nitro groups is 1. The Hall–Kier alpha value is -2.54. The van der Waals surface area contributed by atoms with Crippen molar-refractivity contribution in [2.45, 2.75) is 6.92 Å². The maximum absolute atomic E-state index is 13.2. The first-order valence-electron chi connectivity index (χ1n) is 5.76. The van der Waals surface area contributed by atoms with Crippen molar-refractivity contribution in [1.29, 1.82) is 0 Å². The zero-order valence-electron chi connectivity index (χ0n) is 10.8. The average molecular weight is 310 g/mol. The van der Waals surface area contributed by atoms with E-state index in [2.05, 4.69) is 10.3 Å². The molecule has 6 nitrogen and oxygen atoms in total. The number of hydrogen-bond acceptors (Lipinski definition) is 4. The fraction of sp³-hybridized carbons (Fsp3) is 0.0769. The minimum atomic E-state index is -0.728. The van der Waals surface area contributed by atoms with Gasteiger partial charge in [-0.3, -0.25) is 14.9 Å². The second-order valence-electron chi connectivity index (χ2n) is 4.20. The lowest BCUT2D eigenvalue weighted by Gasteiger charge is -2.07. The molecule has 0 radical (unpaired) electrons. The lowest BCUT2D eigenvalue weighted by atomic mass is 10.2. The number of carbonyl (C=O) groups excluding carboxylic acids is 1. The summed E-state index contributed by atoms with van der Waals surface area (Å²) in [5.41, 5.74) is -0.0195. The van der Waals surface area contributed by atoms with Gasteiger partial charge in [-0.05, 0) is 36.8 Å². The SMILES string of the molecule is Cc1cc(NC(=O)c2cc(Cl)ncc2[N+](=O)[O-])ccc1F. The maximum Gasteiger partial charge on any atom is 0.300 e. The van der Waals surface area contributed by atoms with Gasteiger partial charge in [0, 0.05) is 5.69 Å². The number of aryl methyl sites for hydroxylation is 1. The third-order valence-electron chi connectivity index (χ3n) is 2.71. The van der Waals surface area contributed by atoms with Gasteiger partial charge >= 0.3 is 0 Å². The third kappa shape index (κ3) is 3.32. The summed E-state index contributed by atoms with van der Waals surface area (Å²) in [6, 6.07) is 5.07. The van der Waals surface area contributed by atoms with Crippen LogP contribution in [-0.4, -0.2) is 15.8 Å². The molecule has 0 saturated heterocycles. The van der Waals surface area contributed by atoms with Crippen molar-refractivity contribution in [2.24, 2.45) is 0 Å². The molecule has 1 aromatic carbocycles. The number of carbonyl (C=O) groups is 1. The molecule has 1 heterocycles. The Labute approximate surface area is 123 Å². The second-order valence-corrected chi connectivity index (χ2v) is 4.59. The molecule has 0 bridgehead atoms. The largest absolute Gasteiger partial charge is 0.322 e. The van der Waals surface area contributed by atoms with E-state index in [0.717, 1.165) is 12.3 Å². The number of hydrogen-bond donors (Lipinski definition) is 1. The first-order valence-corrected chi connectivity index (χ1v) is 6.13. The van der Waals surface area contributed by atoms with Crippen LogP contribution in [-0.2, 0) is 0 Å². The zero-order valence-corrected chi connectivity index (χ0v) is 11.5. The van der Waals surface area contributed by atoms with Gasteiger partial charge in [0.1, 0.15) is 22.7 Å². The molecule has 0 aliphatic heterocycles. The van der Waals surface area contributed by atoms with Crippen LogP contribution in [0.1, 0.15) is 15.9 Å². The molecule has 8 heteroatoms. The van der Waals surface area contributed by atoms with E-state index < -0.39 is 22.3 Å². The van der Waals surface area contributed by atoms with Gasteiger partial charge in [-0.15, -0.1) is 0 Å². The Morgan fingerprint density at radius 3 is 2.76 bits per heavy atom. The first-order chi connectivity index (χ1) is 9.88. The van der Waals surface area contributed by atoms with E-state index in [1.807, 2.05) is 0 Å². The maximum atomic E-state index is 13.2. The standard InChI is InChI=1S/C13H9ClFN3O3/c1-7-4-8(2-3-10(7)15)17-13(19)9-5-12(14)16-6-11(9)18(20)21/h2-6H,1H3,(H,17,19). The monoisotopic (exact) mass is 309 g/mol. The molecule has 108 valence electrons. The highest BCUT2D eigenvalue weighted by molar-refractivity contribution is 6.30. The summed E-state index contributed by atoms with van der Waals surface area (Å²) in [4.78, 5) is 25.8. The predicted octanol–water partition coefficient (Wildman–Crippen LogP) is 3.34. The number of halogens is 2. The number of rotatable bonds is 3. The molecule has 0 fully saturated rings. The molecule has 21 heavy (non-hydrogen) atoms. The molecule has 0 aliphatic rings. The van der Waals surface area contributed by atoms with Crippen molar-refractivity contribution in [3.8, 4) is 0 Å². The topological polar surface area (TPSA) is 85.1 Å². The number of aromatic nitrogens is 1. The van der Waals surface area contributed by atoms with Crippen LogP contribution in [0.2, 0.25) is 5.15 Å². The van der Waals surface area contributed by atoms with Crippen LogP contribution >= 0.6 is 11.6 Å². The smallest absolute Gasteiger partial charge is 0.300 e. The van der Waals surface area contributed by atoms with E-state index in [4.69, 9.17) is 11.6 Å². The minimum Gasteiger partial charge on any atom is -0.322 e. The van der Waals surface area contributed by atoms with Gasteiger partial charge in [-0.1, -0.05) is 11.6 Å². The Balaban J connectivity index is 2.34. The quantitative estimate of drug-likeness (QED) is 0.535. The molecule has 2 rings (SSSR count). The molecule has 0 saturated carbocycles. The van der Waals surface area contributed by atoms with Gasteiger partial charge in [-0.25, -0.2) is 9.37 Å². The van der Waals surface area contributed by atoms with Crippen LogP contribution in [0.4, 0.5) is 15.8 Å². The molecule has 1 amide bonds. The Bertz CT molecular complexity index is 737. The van der Waals surface area contributed by atoms with Crippen molar-refractivity contribution in [1.82, 2.24) is 4.98 Å². The summed E-state index contributed by atoms with van der Waals surface area (Å²) in [5.74, 6) is -1.14. The Kier molecular flexibility index (Phi) is 4.13. The average Bonchev–Trinajstić information content (AvgIpc) is 2.42. The molecular weight excluding hydrogens is 301 g/mol. The number of pyridine rings is 1. The van der Waals surface area contributed by atoms with Crippen LogP contribution in [0.25, 0.3) is 0 Å². The van der Waals surface area contributed by atoms with E-state index in [1.54, 1.807) is 0 Å². The second kappa shape index (κ2) is 5.84. The van der Waals surface area contributed by atoms with Crippen molar-refractivity contribution < 1.29 is 14.1 Å². The lowest BCUT2D eigenvalue weighted by molar-refractivity contribution is -0.385. The van der Waals surface area contributed by atoms with Gasteiger partial charge in [0.15, 0.2) is 0 Å². The lowest BCUT2D eigenvalue weighted by Crippen LogP contribution is -2.14. The van der Waals surface area contributed by atoms with Gasteiger partial charge in [0.2, 0.25) is 0 Å². The summed E-state index contributed by atoms with van der Waals surface area (Å²) in [6.07, 6.45) is 0.910. The van der Waals surface area contributed by atoms with Crippen molar-refractivity contribution >= 4 is 28.9 Å². The molecule has 2 aromatic rings. The van der Waals surface area contributed by atoms with E-state index >= 15 is 0 Å². The van der Waals surface area contributed by atoms with Gasteiger partial charge in [0.05, 0.1) is 4.92 Å². The highest BCUT2D eigenvalue weighted by Crippen LogP contribution is 2.22. The summed E-state index contributed by atoms with van der Waals surface area (Å²) >= 11 is 5.65. The number of nitrogens with one attached hydrogen (secondary N) is 1. The van der Waals surface area contributed by atoms with E-state index in [9.17, 15) is 19.3 Å². The molecule has 0 spiro atoms. The third-order valence-corrected chi connectivity index (χ3v) is 2.91. The Morgan fingerprint density at radius 1 is 1.43 bits per heavy atom. The van der Waals surface area contributed by atoms with Gasteiger partial charge in [-0.2, -0.15) is 0 Å². The number of anilines is 1. The van der Waals surface area contributed by atoms with Crippen molar-refractivity contribution in [2.75, 3.05) is 5.32 Å². The Morgan fingerprint density at radius 2 is 2.14 bits per heavy atom. The van der Waals surface area contributed by atoms with Crippen LogP contribution in [0.3, 0.4) is 0 Å². The number of benzene rings is 1. The molecular formula is C13H9ClFN3O3. The van der Waals surface area contributed by atoms with Crippen molar-refractivity contribution in [3.63, 3.8) is 0 Å². The molecule has 0 unspecified atom stereocenters. The van der Waals surface area contributed by atoms with Gasteiger partial charge in [0.25, 0.3) is 11.6 Å². The predicted molar refractivity (Wildman–Crippen MR) is 75.0 cm³/mol. The highest BCUT2D eigenvalue weighted by Gasteiger charge is 2.21. The zero-order chi connectivity index (χ0) is 15.6. The first kappa shape index (κ1) is 14.9. The van der Waals surface area contributed by atoms with Crippen LogP contribution in [0, 0.1) is 22.9 Å². The van der Waals surface area contributed by atoms with Crippen molar-refractivity contribution in [3.05, 3.63) is 62.7 Å². The van der Waals surface area contributed by atoms with E-state index in [1.165, 1.54) is 25.1 Å². The summed E-state index contributed by atoms with van der Waals surface area (Å²) in [5, 5.41) is 13.3. The van der Waals surface area contributed by atoms with Crippen LogP contribution < -0.4 is 5.32 Å². The minimum absolute atomic E-state index is 0.0407. The van der Waals surface area contributed by atoms with E-state index in [-0.39, 0.29) is 10.7 Å². The molecule has 0 atom stereocenters. The highest BCUT2D eigenvalue weighted by atomic mass is 35.5. The fourth-order valence-corrected chi connectivity index (χ4v) is 1.83. The van der Waals surface area contributed by atoms with Gasteiger partial charge < -0.3 is 5.32 Å². The van der Waals surface area contributed by atoms with Crippen LogP contribution in [0.5, 0.6) is 0 Å². The van der Waals surface area contributed by atoms with E-state index in [0.29, 0.717) is 11.3 Å². The molecule has 1 N–H and O–H groups in total. The molecule has 0 aliphatic carbocycles. The molecule has 1 aromatic heterocycles. The summed E-state index contributed by atoms with van der Waals surface area (Å²) < 4.78 is 13.2. The summed E-state index contributed by atoms with van der Waals surface area (Å²) in [7, 11) is 0. The fourth-order valence-electron chi connectivity index (χ4n) is 1.67.